The first-order valence-electron chi connectivity index (χ1n) is 6.74. The monoisotopic (exact) mass is 252 g/mol. The number of nitrogens with zero attached hydrogens (tertiary/aromatic N) is 1. The third kappa shape index (κ3) is 4.39. The van der Waals surface area contributed by atoms with Crippen LogP contribution in [0.1, 0.15) is 38.8 Å². The number of benzene rings is 1. The minimum atomic E-state index is -0.119. The Hall–Kier alpha value is -0.930. The molecule has 0 saturated carbocycles. The molecule has 3 heteroatoms. The van der Waals surface area contributed by atoms with Crippen LogP contribution >= 0.6 is 0 Å². The summed E-state index contributed by atoms with van der Waals surface area (Å²) in [6.07, 6.45) is 1.13. The summed E-state index contributed by atoms with van der Waals surface area (Å²) in [7, 11) is 2.04. The largest absolute Gasteiger partial charge is 0.313 e. The summed E-state index contributed by atoms with van der Waals surface area (Å²) in [4.78, 5) is 2.17. The van der Waals surface area contributed by atoms with Crippen LogP contribution in [0.15, 0.2) is 24.3 Å². The molecule has 0 aliphatic heterocycles. The third-order valence-corrected chi connectivity index (χ3v) is 3.59. The van der Waals surface area contributed by atoms with Gasteiger partial charge in [-0.05, 0) is 33.4 Å². The zero-order valence-electron chi connectivity index (χ0n) is 11.9. The average molecular weight is 252 g/mol. The number of likely N-dealkylation sites (N-methyl/N-ethyl adjacent to an activating group) is 1. The van der Waals surface area contributed by atoms with E-state index in [2.05, 4.69) is 24.1 Å². The SMILES string of the molecule is CCC(C)NCCN(C)C(C)c1ccccc1F. The molecule has 1 aromatic rings. The molecule has 0 spiro atoms. The van der Waals surface area contributed by atoms with Gasteiger partial charge in [0.2, 0.25) is 0 Å². The van der Waals surface area contributed by atoms with Crippen molar-refractivity contribution in [1.82, 2.24) is 10.2 Å². The molecule has 1 rings (SSSR count). The molecule has 0 aliphatic carbocycles. The molecule has 2 atom stereocenters. The van der Waals surface area contributed by atoms with Gasteiger partial charge in [-0.3, -0.25) is 4.90 Å². The average Bonchev–Trinajstić information content (AvgIpc) is 2.38. The van der Waals surface area contributed by atoms with Crippen molar-refractivity contribution in [2.75, 3.05) is 20.1 Å². The standard InChI is InChI=1S/C15H25FN2/c1-5-12(2)17-10-11-18(4)13(3)14-8-6-7-9-15(14)16/h6-9,12-13,17H,5,10-11H2,1-4H3. The van der Waals surface area contributed by atoms with Gasteiger partial charge in [-0.15, -0.1) is 0 Å². The molecule has 0 amide bonds. The smallest absolute Gasteiger partial charge is 0.127 e. The molecule has 18 heavy (non-hydrogen) atoms. The summed E-state index contributed by atoms with van der Waals surface area (Å²) in [5.74, 6) is -0.119. The first kappa shape index (κ1) is 15.1. The van der Waals surface area contributed by atoms with E-state index in [4.69, 9.17) is 0 Å². The van der Waals surface area contributed by atoms with Crippen LogP contribution in [-0.2, 0) is 0 Å². The van der Waals surface area contributed by atoms with Crippen molar-refractivity contribution >= 4 is 0 Å². The molecule has 2 unspecified atom stereocenters. The van der Waals surface area contributed by atoms with Crippen molar-refractivity contribution < 1.29 is 4.39 Å². The summed E-state index contributed by atoms with van der Waals surface area (Å²) in [6, 6.07) is 7.65. The first-order valence-corrected chi connectivity index (χ1v) is 6.74. The van der Waals surface area contributed by atoms with Gasteiger partial charge < -0.3 is 5.32 Å². The number of hydrogen-bond donors (Lipinski definition) is 1. The van der Waals surface area contributed by atoms with E-state index in [1.807, 2.05) is 26.1 Å². The summed E-state index contributed by atoms with van der Waals surface area (Å²) in [6.45, 7) is 8.25. The summed E-state index contributed by atoms with van der Waals surface area (Å²) < 4.78 is 13.7. The maximum absolute atomic E-state index is 13.7. The van der Waals surface area contributed by atoms with Crippen LogP contribution in [0, 0.1) is 5.82 Å². The zero-order chi connectivity index (χ0) is 13.5. The predicted molar refractivity (Wildman–Crippen MR) is 75.2 cm³/mol. The van der Waals surface area contributed by atoms with E-state index in [0.717, 1.165) is 25.1 Å². The highest BCUT2D eigenvalue weighted by Crippen LogP contribution is 2.20. The lowest BCUT2D eigenvalue weighted by atomic mass is 10.1. The van der Waals surface area contributed by atoms with Gasteiger partial charge in [-0.25, -0.2) is 4.39 Å². The Balaban J connectivity index is 2.47. The highest BCUT2D eigenvalue weighted by molar-refractivity contribution is 5.20. The maximum atomic E-state index is 13.7. The van der Waals surface area contributed by atoms with Gasteiger partial charge in [0.1, 0.15) is 5.82 Å². The third-order valence-electron chi connectivity index (χ3n) is 3.59. The normalized spacial score (nSPS) is 14.8. The van der Waals surface area contributed by atoms with E-state index < -0.39 is 0 Å². The predicted octanol–water partition coefficient (Wildman–Crippen LogP) is 3.21. The number of nitrogens with one attached hydrogen (secondary N) is 1. The molecule has 0 saturated heterocycles. The molecular weight excluding hydrogens is 227 g/mol. The minimum absolute atomic E-state index is 0.102. The van der Waals surface area contributed by atoms with Crippen LogP contribution in [-0.4, -0.2) is 31.1 Å². The molecule has 102 valence electrons. The second-order valence-corrected chi connectivity index (χ2v) is 4.94. The fraction of sp³-hybridized carbons (Fsp3) is 0.600. The van der Waals surface area contributed by atoms with Crippen molar-refractivity contribution in [1.29, 1.82) is 0 Å². The van der Waals surface area contributed by atoms with Crippen molar-refractivity contribution in [2.24, 2.45) is 0 Å². The molecule has 0 bridgehead atoms. The lowest BCUT2D eigenvalue weighted by Crippen LogP contribution is -2.35. The fourth-order valence-electron chi connectivity index (χ4n) is 1.88. The van der Waals surface area contributed by atoms with Crippen LogP contribution in [0.3, 0.4) is 0 Å². The Kier molecular flexibility index (Phi) is 6.30. The number of hydrogen-bond acceptors (Lipinski definition) is 2. The Morgan fingerprint density at radius 2 is 1.94 bits per heavy atom. The van der Waals surface area contributed by atoms with Gasteiger partial charge in [0.15, 0.2) is 0 Å². The molecule has 2 nitrogen and oxygen atoms in total. The van der Waals surface area contributed by atoms with Gasteiger partial charge in [0, 0.05) is 30.7 Å². The van der Waals surface area contributed by atoms with Crippen molar-refractivity contribution in [3.63, 3.8) is 0 Å². The molecule has 0 radical (unpaired) electrons. The van der Waals surface area contributed by atoms with Gasteiger partial charge in [0.25, 0.3) is 0 Å². The Bertz CT molecular complexity index is 354. The first-order chi connectivity index (χ1) is 8.56. The molecule has 0 fully saturated rings. The molecule has 0 aromatic heterocycles. The summed E-state index contributed by atoms with van der Waals surface area (Å²) >= 11 is 0. The van der Waals surface area contributed by atoms with E-state index in [0.29, 0.717) is 6.04 Å². The lowest BCUT2D eigenvalue weighted by Gasteiger charge is -2.26. The summed E-state index contributed by atoms with van der Waals surface area (Å²) in [5.41, 5.74) is 0.767. The van der Waals surface area contributed by atoms with Crippen LogP contribution in [0.2, 0.25) is 0 Å². The second kappa shape index (κ2) is 7.49. The Morgan fingerprint density at radius 1 is 1.28 bits per heavy atom. The van der Waals surface area contributed by atoms with Gasteiger partial charge in [-0.2, -0.15) is 0 Å². The van der Waals surface area contributed by atoms with Gasteiger partial charge >= 0.3 is 0 Å². The van der Waals surface area contributed by atoms with Crippen LogP contribution < -0.4 is 5.32 Å². The van der Waals surface area contributed by atoms with Crippen molar-refractivity contribution in [3.05, 3.63) is 35.6 Å². The van der Waals surface area contributed by atoms with Crippen molar-refractivity contribution in [3.8, 4) is 0 Å². The quantitative estimate of drug-likeness (QED) is 0.801. The van der Waals surface area contributed by atoms with E-state index >= 15 is 0 Å². The van der Waals surface area contributed by atoms with Crippen molar-refractivity contribution in [2.45, 2.75) is 39.3 Å². The van der Waals surface area contributed by atoms with Gasteiger partial charge in [-0.1, -0.05) is 25.1 Å². The van der Waals surface area contributed by atoms with E-state index in [-0.39, 0.29) is 11.9 Å². The maximum Gasteiger partial charge on any atom is 0.127 e. The van der Waals surface area contributed by atoms with E-state index in [9.17, 15) is 4.39 Å². The van der Waals surface area contributed by atoms with Crippen LogP contribution in [0.25, 0.3) is 0 Å². The second-order valence-electron chi connectivity index (χ2n) is 4.94. The molecule has 0 heterocycles. The van der Waals surface area contributed by atoms with E-state index in [1.165, 1.54) is 6.07 Å². The molecule has 1 N–H and O–H groups in total. The van der Waals surface area contributed by atoms with Gasteiger partial charge in [0.05, 0.1) is 0 Å². The van der Waals surface area contributed by atoms with Crippen LogP contribution in [0.4, 0.5) is 4.39 Å². The van der Waals surface area contributed by atoms with Crippen LogP contribution in [0.5, 0.6) is 0 Å². The molecule has 0 aliphatic rings. The molecule has 1 aromatic carbocycles. The number of halogens is 1. The minimum Gasteiger partial charge on any atom is -0.313 e. The Labute approximate surface area is 110 Å². The molecular formula is C15H25FN2. The fourth-order valence-corrected chi connectivity index (χ4v) is 1.88. The highest BCUT2D eigenvalue weighted by Gasteiger charge is 2.14. The topological polar surface area (TPSA) is 15.3 Å². The van der Waals surface area contributed by atoms with E-state index in [1.54, 1.807) is 6.07 Å². The zero-order valence-corrected chi connectivity index (χ0v) is 11.9. The highest BCUT2D eigenvalue weighted by atomic mass is 19.1. The number of rotatable bonds is 7. The Morgan fingerprint density at radius 3 is 2.56 bits per heavy atom. The lowest BCUT2D eigenvalue weighted by molar-refractivity contribution is 0.252. The summed E-state index contributed by atoms with van der Waals surface area (Å²) in [5, 5.41) is 3.45.